The lowest BCUT2D eigenvalue weighted by Crippen LogP contribution is -1.95. The van der Waals surface area contributed by atoms with Crippen LogP contribution in [0.25, 0.3) is 49.5 Å². The largest absolute Gasteiger partial charge is 0.308 e. The molecule has 0 radical (unpaired) electrons. The van der Waals surface area contributed by atoms with Crippen molar-refractivity contribution < 1.29 is 0 Å². The Morgan fingerprint density at radius 2 is 1.63 bits per heavy atom. The van der Waals surface area contributed by atoms with Gasteiger partial charge in [0.15, 0.2) is 0 Å². The first kappa shape index (κ1) is 17.4. The molecule has 0 unspecified atom stereocenters. The lowest BCUT2D eigenvalue weighted by Gasteiger charge is -2.09. The van der Waals surface area contributed by atoms with Crippen molar-refractivity contribution in [2.75, 3.05) is 0 Å². The van der Waals surface area contributed by atoms with E-state index in [9.17, 15) is 0 Å². The van der Waals surface area contributed by atoms with Crippen molar-refractivity contribution in [3.8, 4) is 16.9 Å². The third-order valence-electron chi connectivity index (χ3n) is 5.58. The highest BCUT2D eigenvalue weighted by Crippen LogP contribution is 2.37. The maximum absolute atomic E-state index is 4.73. The van der Waals surface area contributed by atoms with E-state index in [1.807, 2.05) is 24.5 Å². The van der Waals surface area contributed by atoms with E-state index < -0.39 is 0 Å². The Balaban J connectivity index is 1.65. The molecular weight excluding hydrogens is 434 g/mol. The quantitative estimate of drug-likeness (QED) is 0.280. The summed E-state index contributed by atoms with van der Waals surface area (Å²) in [6.45, 7) is 0. The second-order valence-electron chi connectivity index (χ2n) is 7.32. The number of rotatable bonds is 2. The number of halogens is 1. The summed E-state index contributed by atoms with van der Waals surface area (Å²) in [7, 11) is 0. The summed E-state index contributed by atoms with van der Waals surface area (Å²) in [6, 6.07) is 27.6. The van der Waals surface area contributed by atoms with Crippen molar-refractivity contribution in [1.29, 1.82) is 0 Å². The topological polar surface area (TPSA) is 30.7 Å². The molecule has 0 saturated carbocycles. The molecular formula is C26H16BrN3. The number of pyridine rings is 2. The van der Waals surface area contributed by atoms with Gasteiger partial charge < -0.3 is 4.57 Å². The second-order valence-corrected chi connectivity index (χ2v) is 8.24. The third kappa shape index (κ3) is 2.65. The molecule has 6 aromatic rings. The molecule has 0 amide bonds. The summed E-state index contributed by atoms with van der Waals surface area (Å²) in [4.78, 5) is 8.93. The molecule has 3 aromatic heterocycles. The predicted molar refractivity (Wildman–Crippen MR) is 127 cm³/mol. The Morgan fingerprint density at radius 3 is 2.47 bits per heavy atom. The Hall–Kier alpha value is -3.50. The minimum absolute atomic E-state index is 0.917. The fourth-order valence-electron chi connectivity index (χ4n) is 4.24. The summed E-state index contributed by atoms with van der Waals surface area (Å²) in [5, 5.41) is 5.00. The van der Waals surface area contributed by atoms with Gasteiger partial charge in [-0.3, -0.25) is 9.97 Å². The van der Waals surface area contributed by atoms with Crippen LogP contribution in [-0.4, -0.2) is 14.5 Å². The van der Waals surface area contributed by atoms with Crippen molar-refractivity contribution in [2.45, 2.75) is 0 Å². The number of hydrogen-bond acceptors (Lipinski definition) is 2. The highest BCUT2D eigenvalue weighted by atomic mass is 79.9. The van der Waals surface area contributed by atoms with E-state index in [1.165, 1.54) is 32.6 Å². The number of benzene rings is 3. The van der Waals surface area contributed by atoms with Crippen molar-refractivity contribution in [2.24, 2.45) is 0 Å². The minimum atomic E-state index is 0.917. The Kier molecular flexibility index (Phi) is 3.93. The number of hydrogen-bond donors (Lipinski definition) is 0. The monoisotopic (exact) mass is 449 g/mol. The van der Waals surface area contributed by atoms with Gasteiger partial charge in [-0.15, -0.1) is 0 Å². The first-order valence-electron chi connectivity index (χ1n) is 9.78. The van der Waals surface area contributed by atoms with Crippen LogP contribution in [0.3, 0.4) is 0 Å². The zero-order valence-corrected chi connectivity index (χ0v) is 17.5. The van der Waals surface area contributed by atoms with E-state index in [2.05, 4.69) is 92.2 Å². The average Bonchev–Trinajstić information content (AvgIpc) is 3.13. The summed E-state index contributed by atoms with van der Waals surface area (Å²) in [5.74, 6) is 0. The van der Waals surface area contributed by atoms with Crippen LogP contribution in [-0.2, 0) is 0 Å². The van der Waals surface area contributed by atoms with Crippen molar-refractivity contribution in [3.63, 3.8) is 0 Å². The van der Waals surface area contributed by atoms with E-state index in [0.29, 0.717) is 0 Å². The highest BCUT2D eigenvalue weighted by Gasteiger charge is 2.15. The van der Waals surface area contributed by atoms with Crippen LogP contribution in [0.2, 0.25) is 0 Å². The first-order valence-corrected chi connectivity index (χ1v) is 10.6. The Morgan fingerprint density at radius 1 is 0.733 bits per heavy atom. The Bertz CT molecular complexity index is 1530. The van der Waals surface area contributed by atoms with Crippen LogP contribution in [0.15, 0.2) is 102 Å². The van der Waals surface area contributed by atoms with Crippen LogP contribution < -0.4 is 0 Å². The SMILES string of the molecule is Brc1ccc2c(c1)c1c3ccccc3ccc1n2-c1ccc(-c2cccnc2)nc1. The summed E-state index contributed by atoms with van der Waals surface area (Å²) in [5.41, 5.74) is 5.32. The van der Waals surface area contributed by atoms with E-state index in [1.54, 1.807) is 6.20 Å². The summed E-state index contributed by atoms with van der Waals surface area (Å²) in [6.07, 6.45) is 5.56. The predicted octanol–water partition coefficient (Wildman–Crippen LogP) is 7.16. The molecule has 142 valence electrons. The van der Waals surface area contributed by atoms with Gasteiger partial charge in [-0.05, 0) is 59.3 Å². The number of fused-ring (bicyclic) bond motifs is 5. The van der Waals surface area contributed by atoms with Crippen LogP contribution in [0.5, 0.6) is 0 Å². The van der Waals surface area contributed by atoms with Crippen molar-refractivity contribution in [1.82, 2.24) is 14.5 Å². The minimum Gasteiger partial charge on any atom is -0.308 e. The molecule has 3 heterocycles. The molecule has 0 bridgehead atoms. The molecule has 0 fully saturated rings. The van der Waals surface area contributed by atoms with E-state index in [-0.39, 0.29) is 0 Å². The molecule has 0 N–H and O–H groups in total. The second kappa shape index (κ2) is 6.78. The molecule has 6 rings (SSSR count). The molecule has 3 nitrogen and oxygen atoms in total. The van der Waals surface area contributed by atoms with Crippen molar-refractivity contribution in [3.05, 3.63) is 102 Å². The molecule has 0 aliphatic carbocycles. The summed E-state index contributed by atoms with van der Waals surface area (Å²) >= 11 is 3.66. The van der Waals surface area contributed by atoms with Crippen LogP contribution in [0, 0.1) is 0 Å². The fraction of sp³-hybridized carbons (Fsp3) is 0. The maximum atomic E-state index is 4.73. The van der Waals surface area contributed by atoms with Crippen LogP contribution in [0.1, 0.15) is 0 Å². The molecule has 0 atom stereocenters. The number of nitrogens with zero attached hydrogens (tertiary/aromatic N) is 3. The van der Waals surface area contributed by atoms with Gasteiger partial charge >= 0.3 is 0 Å². The maximum Gasteiger partial charge on any atom is 0.0719 e. The lowest BCUT2D eigenvalue weighted by molar-refractivity contribution is 1.14. The molecule has 0 aliphatic rings. The van der Waals surface area contributed by atoms with Gasteiger partial charge in [0.2, 0.25) is 0 Å². The smallest absolute Gasteiger partial charge is 0.0719 e. The molecule has 30 heavy (non-hydrogen) atoms. The zero-order valence-electron chi connectivity index (χ0n) is 16.0. The van der Waals surface area contributed by atoms with Gasteiger partial charge in [0.1, 0.15) is 0 Å². The van der Waals surface area contributed by atoms with E-state index in [0.717, 1.165) is 21.4 Å². The molecule has 3 aromatic carbocycles. The van der Waals surface area contributed by atoms with Crippen molar-refractivity contribution >= 4 is 48.5 Å². The zero-order chi connectivity index (χ0) is 20.1. The fourth-order valence-corrected chi connectivity index (χ4v) is 4.61. The van der Waals surface area contributed by atoms with Gasteiger partial charge in [0.05, 0.1) is 28.6 Å². The molecule has 0 saturated heterocycles. The Labute approximate surface area is 181 Å². The summed E-state index contributed by atoms with van der Waals surface area (Å²) < 4.78 is 3.37. The first-order chi connectivity index (χ1) is 14.8. The molecule has 0 aliphatic heterocycles. The standard InChI is InChI=1S/C26H16BrN3/c27-19-8-12-24-22(14-19)26-21-6-2-1-4-17(21)7-11-25(26)30(24)20-9-10-23(29-16-20)18-5-3-13-28-15-18/h1-16H. The van der Waals surface area contributed by atoms with Crippen LogP contribution >= 0.6 is 15.9 Å². The highest BCUT2D eigenvalue weighted by molar-refractivity contribution is 9.10. The average molecular weight is 450 g/mol. The van der Waals surface area contributed by atoms with E-state index in [4.69, 9.17) is 4.98 Å². The van der Waals surface area contributed by atoms with Gasteiger partial charge in [0, 0.05) is 33.2 Å². The normalized spacial score (nSPS) is 11.5. The van der Waals surface area contributed by atoms with Gasteiger partial charge in [-0.1, -0.05) is 46.3 Å². The van der Waals surface area contributed by atoms with E-state index >= 15 is 0 Å². The van der Waals surface area contributed by atoms with Gasteiger partial charge in [-0.2, -0.15) is 0 Å². The van der Waals surface area contributed by atoms with Gasteiger partial charge in [-0.25, -0.2) is 0 Å². The molecule has 4 heteroatoms. The van der Waals surface area contributed by atoms with Crippen LogP contribution in [0.4, 0.5) is 0 Å². The van der Waals surface area contributed by atoms with Gasteiger partial charge in [0.25, 0.3) is 0 Å². The molecule has 0 spiro atoms. The third-order valence-corrected chi connectivity index (χ3v) is 6.07. The number of aromatic nitrogens is 3. The lowest BCUT2D eigenvalue weighted by atomic mass is 10.0.